The molecule has 1 aliphatic heterocycles. The van der Waals surface area contributed by atoms with E-state index in [4.69, 9.17) is 9.47 Å². The van der Waals surface area contributed by atoms with Crippen molar-refractivity contribution in [2.45, 2.75) is 57.0 Å². The summed E-state index contributed by atoms with van der Waals surface area (Å²) in [5.74, 6) is 0. The van der Waals surface area contributed by atoms with Crippen LogP contribution in [0.2, 0.25) is 0 Å². The molecule has 6 heteroatoms. The number of rotatable bonds is 6. The molecule has 21 heavy (non-hydrogen) atoms. The van der Waals surface area contributed by atoms with E-state index < -0.39 is 30.6 Å². The topological polar surface area (TPSA) is 96.2 Å². The molecule has 6 nitrogen and oxygen atoms in total. The molecule has 4 atom stereocenters. The molecule has 0 saturated carbocycles. The average molecular weight is 298 g/mol. The van der Waals surface area contributed by atoms with Gasteiger partial charge in [-0.3, -0.25) is 0 Å². The largest absolute Gasteiger partial charge is 0.509 e. The van der Waals surface area contributed by atoms with E-state index in [1.807, 2.05) is 6.08 Å². The number of unbranched alkanes of at least 4 members (excludes halogenated alkanes) is 3. The Bertz CT molecular complexity index is 441. The lowest BCUT2D eigenvalue weighted by Crippen LogP contribution is -2.49. The first-order valence-corrected chi connectivity index (χ1v) is 7.33. The molecule has 118 valence electrons. The van der Waals surface area contributed by atoms with E-state index in [0.717, 1.165) is 25.7 Å². The summed E-state index contributed by atoms with van der Waals surface area (Å²) in [5, 5.41) is 29.7. The molecule has 1 aliphatic carbocycles. The van der Waals surface area contributed by atoms with Crippen molar-refractivity contribution >= 4 is 6.16 Å². The molecule has 0 aromatic heterocycles. The van der Waals surface area contributed by atoms with Crippen LogP contribution < -0.4 is 0 Å². The predicted molar refractivity (Wildman–Crippen MR) is 74.5 cm³/mol. The van der Waals surface area contributed by atoms with E-state index in [0.29, 0.717) is 11.1 Å². The van der Waals surface area contributed by atoms with Crippen molar-refractivity contribution in [2.75, 3.05) is 6.61 Å². The van der Waals surface area contributed by atoms with Gasteiger partial charge in [-0.1, -0.05) is 31.9 Å². The van der Waals surface area contributed by atoms with Gasteiger partial charge >= 0.3 is 6.16 Å². The van der Waals surface area contributed by atoms with E-state index in [9.17, 15) is 20.1 Å². The van der Waals surface area contributed by atoms with E-state index in [1.165, 1.54) is 0 Å². The molecular weight excluding hydrogens is 276 g/mol. The Morgan fingerprint density at radius 2 is 2.00 bits per heavy atom. The normalized spacial score (nSPS) is 32.3. The average Bonchev–Trinajstić information content (AvgIpc) is 2.85. The van der Waals surface area contributed by atoms with Gasteiger partial charge in [0, 0.05) is 5.57 Å². The summed E-state index contributed by atoms with van der Waals surface area (Å²) in [5.41, 5.74) is 0.788. The number of aliphatic hydroxyl groups is 3. The number of fused-ring (bicyclic) bond motifs is 1. The second-order valence-corrected chi connectivity index (χ2v) is 5.34. The summed E-state index contributed by atoms with van der Waals surface area (Å²) >= 11 is 0. The number of aliphatic hydroxyl groups excluding tert-OH is 3. The maximum absolute atomic E-state index is 11.2. The fraction of sp³-hybridized carbons (Fsp3) is 0.667. The molecule has 1 saturated heterocycles. The predicted octanol–water partition coefficient (Wildman–Crippen LogP) is 1.05. The minimum Gasteiger partial charge on any atom is -0.424 e. The molecular formula is C15H22O6. The number of carbonyl (C=O) groups excluding carboxylic acids is 1. The number of ether oxygens (including phenoxy) is 2. The van der Waals surface area contributed by atoms with E-state index in [2.05, 4.69) is 6.92 Å². The lowest BCUT2D eigenvalue weighted by atomic mass is 9.83. The monoisotopic (exact) mass is 298 g/mol. The van der Waals surface area contributed by atoms with Crippen molar-refractivity contribution in [2.24, 2.45) is 0 Å². The summed E-state index contributed by atoms with van der Waals surface area (Å²) in [6.45, 7) is 1.75. The maximum atomic E-state index is 11.2. The fourth-order valence-corrected chi connectivity index (χ4v) is 2.72. The van der Waals surface area contributed by atoms with Crippen LogP contribution in [0.1, 0.15) is 32.6 Å². The smallest absolute Gasteiger partial charge is 0.424 e. The first kappa shape index (κ1) is 16.0. The van der Waals surface area contributed by atoms with Crippen molar-refractivity contribution in [3.63, 3.8) is 0 Å². The molecule has 0 bridgehead atoms. The molecule has 1 heterocycles. The van der Waals surface area contributed by atoms with Crippen LogP contribution in [0.25, 0.3) is 0 Å². The zero-order valence-corrected chi connectivity index (χ0v) is 12.1. The third-order valence-corrected chi connectivity index (χ3v) is 3.89. The van der Waals surface area contributed by atoms with Gasteiger partial charge in [-0.2, -0.15) is 0 Å². The molecule has 2 aliphatic rings. The zero-order valence-electron chi connectivity index (χ0n) is 12.1. The Morgan fingerprint density at radius 1 is 1.24 bits per heavy atom. The zero-order chi connectivity index (χ0) is 15.4. The summed E-state index contributed by atoms with van der Waals surface area (Å²) in [6.07, 6.45) is 2.57. The summed E-state index contributed by atoms with van der Waals surface area (Å²) in [4.78, 5) is 11.2. The van der Waals surface area contributed by atoms with Crippen molar-refractivity contribution < 1.29 is 29.6 Å². The molecule has 0 aromatic carbocycles. The minimum absolute atomic E-state index is 0.365. The Kier molecular flexibility index (Phi) is 5.39. The minimum atomic E-state index is -1.26. The maximum Gasteiger partial charge on any atom is 0.509 e. The standard InChI is InChI=1S/C15H22O6/c1-2-3-4-5-6-7-9-10(8-16)13-14(12(18)11(9)17)21-15(19)20-13/h6-7,11-14,16-18H,2-5,8H2,1H3. The molecule has 0 amide bonds. The van der Waals surface area contributed by atoms with Crippen molar-refractivity contribution in [1.82, 2.24) is 0 Å². The number of allylic oxidation sites excluding steroid dienone is 1. The molecule has 0 spiro atoms. The lowest BCUT2D eigenvalue weighted by Gasteiger charge is -2.33. The van der Waals surface area contributed by atoms with Gasteiger partial charge in [0.15, 0.2) is 12.2 Å². The molecule has 0 aromatic rings. The van der Waals surface area contributed by atoms with Gasteiger partial charge in [0.1, 0.15) is 12.2 Å². The van der Waals surface area contributed by atoms with Crippen LogP contribution in [-0.4, -0.2) is 52.5 Å². The Morgan fingerprint density at radius 3 is 2.67 bits per heavy atom. The molecule has 3 N–H and O–H groups in total. The van der Waals surface area contributed by atoms with Crippen molar-refractivity contribution in [3.8, 4) is 0 Å². The van der Waals surface area contributed by atoms with Gasteiger partial charge in [0.2, 0.25) is 0 Å². The lowest BCUT2D eigenvalue weighted by molar-refractivity contribution is -0.0525. The van der Waals surface area contributed by atoms with E-state index in [-0.39, 0.29) is 6.61 Å². The first-order valence-electron chi connectivity index (χ1n) is 7.33. The number of hydrogen-bond acceptors (Lipinski definition) is 6. The van der Waals surface area contributed by atoms with Crippen LogP contribution >= 0.6 is 0 Å². The van der Waals surface area contributed by atoms with Crippen LogP contribution in [0.5, 0.6) is 0 Å². The Balaban J connectivity index is 2.18. The molecule has 1 fully saturated rings. The summed E-state index contributed by atoms with van der Waals surface area (Å²) in [6, 6.07) is 0. The van der Waals surface area contributed by atoms with Crippen molar-refractivity contribution in [1.29, 1.82) is 0 Å². The van der Waals surface area contributed by atoms with Crippen molar-refractivity contribution in [3.05, 3.63) is 23.3 Å². The van der Waals surface area contributed by atoms with Crippen LogP contribution in [0.15, 0.2) is 23.3 Å². The molecule has 4 unspecified atom stereocenters. The highest BCUT2D eigenvalue weighted by atomic mass is 16.8. The second kappa shape index (κ2) is 7.06. The quantitative estimate of drug-likeness (QED) is 0.501. The highest BCUT2D eigenvalue weighted by Gasteiger charge is 2.50. The second-order valence-electron chi connectivity index (χ2n) is 5.34. The summed E-state index contributed by atoms with van der Waals surface area (Å²) < 4.78 is 9.82. The highest BCUT2D eigenvalue weighted by molar-refractivity contribution is 5.64. The third kappa shape index (κ3) is 3.28. The Labute approximate surface area is 123 Å². The van der Waals surface area contributed by atoms with E-state index in [1.54, 1.807) is 6.08 Å². The van der Waals surface area contributed by atoms with Gasteiger partial charge < -0.3 is 24.8 Å². The highest BCUT2D eigenvalue weighted by Crippen LogP contribution is 2.35. The fourth-order valence-electron chi connectivity index (χ4n) is 2.72. The van der Waals surface area contributed by atoms with Gasteiger partial charge in [0.25, 0.3) is 0 Å². The van der Waals surface area contributed by atoms with Gasteiger partial charge in [-0.05, 0) is 18.4 Å². The van der Waals surface area contributed by atoms with Crippen LogP contribution in [0.4, 0.5) is 4.79 Å². The molecule has 2 rings (SSSR count). The van der Waals surface area contributed by atoms with Crippen LogP contribution in [0, 0.1) is 0 Å². The molecule has 0 radical (unpaired) electrons. The van der Waals surface area contributed by atoms with Crippen LogP contribution in [0.3, 0.4) is 0 Å². The van der Waals surface area contributed by atoms with Gasteiger partial charge in [0.05, 0.1) is 6.61 Å². The first-order chi connectivity index (χ1) is 10.1. The van der Waals surface area contributed by atoms with Crippen LogP contribution in [-0.2, 0) is 9.47 Å². The SMILES string of the molecule is CCCCCC=CC1=C(CO)C2OC(=O)OC2C(O)C1O. The summed E-state index contributed by atoms with van der Waals surface area (Å²) in [7, 11) is 0. The Hall–Kier alpha value is -1.37. The third-order valence-electron chi connectivity index (χ3n) is 3.89. The number of carbonyl (C=O) groups is 1. The van der Waals surface area contributed by atoms with E-state index >= 15 is 0 Å². The number of hydrogen-bond donors (Lipinski definition) is 3. The van der Waals surface area contributed by atoms with Gasteiger partial charge in [-0.15, -0.1) is 0 Å². The van der Waals surface area contributed by atoms with Gasteiger partial charge in [-0.25, -0.2) is 4.79 Å².